The van der Waals surface area contributed by atoms with E-state index in [4.69, 9.17) is 20.9 Å². The van der Waals surface area contributed by atoms with E-state index in [1.54, 1.807) is 43.3 Å². The molecule has 0 spiro atoms. The summed E-state index contributed by atoms with van der Waals surface area (Å²) in [6.07, 6.45) is 0. The second kappa shape index (κ2) is 6.78. The monoisotopic (exact) mass is 378 g/mol. The van der Waals surface area contributed by atoms with E-state index in [0.29, 0.717) is 27.8 Å². The third-order valence-corrected chi connectivity index (χ3v) is 5.24. The molecule has 0 aliphatic rings. The Kier molecular flexibility index (Phi) is 4.69. The summed E-state index contributed by atoms with van der Waals surface area (Å²) in [5, 5.41) is 4.35. The lowest BCUT2D eigenvalue weighted by Gasteiger charge is -2.09. The molecule has 0 saturated carbocycles. The molecule has 25 heavy (non-hydrogen) atoms. The Morgan fingerprint density at radius 3 is 2.52 bits per heavy atom. The molecule has 0 unspecified atom stereocenters. The van der Waals surface area contributed by atoms with Crippen LogP contribution in [-0.4, -0.2) is 20.7 Å². The largest absolute Gasteiger partial charge is 0.495 e. The third-order valence-electron chi connectivity index (χ3n) is 3.58. The number of nitrogens with zero attached hydrogens (tertiary/aromatic N) is 1. The number of aryl methyl sites for hydroxylation is 1. The van der Waals surface area contributed by atoms with E-state index in [2.05, 4.69) is 9.88 Å². The van der Waals surface area contributed by atoms with Crippen LogP contribution in [0.25, 0.3) is 11.3 Å². The fourth-order valence-corrected chi connectivity index (χ4v) is 3.70. The molecule has 0 bridgehead atoms. The van der Waals surface area contributed by atoms with Crippen molar-refractivity contribution in [3.8, 4) is 17.0 Å². The molecule has 0 amide bonds. The Morgan fingerprint density at radius 2 is 1.88 bits per heavy atom. The van der Waals surface area contributed by atoms with Crippen LogP contribution in [0.2, 0.25) is 5.02 Å². The second-order valence-electron chi connectivity index (χ2n) is 5.23. The molecule has 3 aromatic rings. The Morgan fingerprint density at radius 1 is 1.16 bits per heavy atom. The molecule has 130 valence electrons. The maximum atomic E-state index is 12.6. The van der Waals surface area contributed by atoms with E-state index in [-0.39, 0.29) is 10.6 Å². The topological polar surface area (TPSA) is 81.4 Å². The number of benzene rings is 2. The van der Waals surface area contributed by atoms with Gasteiger partial charge in [0.2, 0.25) is 0 Å². The minimum Gasteiger partial charge on any atom is -0.495 e. The van der Waals surface area contributed by atoms with E-state index in [9.17, 15) is 8.42 Å². The van der Waals surface area contributed by atoms with Crippen molar-refractivity contribution in [2.24, 2.45) is 0 Å². The van der Waals surface area contributed by atoms with E-state index >= 15 is 0 Å². The number of aromatic nitrogens is 1. The van der Waals surface area contributed by atoms with Crippen molar-refractivity contribution in [2.75, 3.05) is 11.8 Å². The average Bonchev–Trinajstić information content (AvgIpc) is 2.96. The predicted molar refractivity (Wildman–Crippen MR) is 95.5 cm³/mol. The lowest BCUT2D eigenvalue weighted by molar-refractivity contribution is 0.400. The summed E-state index contributed by atoms with van der Waals surface area (Å²) in [4.78, 5) is 0.148. The average molecular weight is 379 g/mol. The molecule has 0 radical (unpaired) electrons. The second-order valence-corrected chi connectivity index (χ2v) is 7.32. The van der Waals surface area contributed by atoms with Crippen LogP contribution in [0.5, 0.6) is 5.75 Å². The van der Waals surface area contributed by atoms with Gasteiger partial charge in [0.25, 0.3) is 10.0 Å². The van der Waals surface area contributed by atoms with Gasteiger partial charge in [-0.05, 0) is 37.3 Å². The minimum atomic E-state index is -3.77. The number of sulfonamides is 1. The highest BCUT2D eigenvalue weighted by atomic mass is 35.5. The van der Waals surface area contributed by atoms with Crippen LogP contribution in [0.1, 0.15) is 5.76 Å². The first-order valence-corrected chi connectivity index (χ1v) is 9.16. The molecule has 1 N–H and O–H groups in total. The van der Waals surface area contributed by atoms with Gasteiger partial charge in [-0.15, -0.1) is 0 Å². The maximum absolute atomic E-state index is 12.6. The summed E-state index contributed by atoms with van der Waals surface area (Å²) in [6, 6.07) is 13.1. The van der Waals surface area contributed by atoms with Crippen molar-refractivity contribution >= 4 is 27.3 Å². The number of hydrogen-bond acceptors (Lipinski definition) is 5. The molecule has 8 heteroatoms. The van der Waals surface area contributed by atoms with Crippen LogP contribution in [-0.2, 0) is 10.0 Å². The van der Waals surface area contributed by atoms with Gasteiger partial charge < -0.3 is 9.26 Å². The summed E-state index contributed by atoms with van der Waals surface area (Å²) >= 11 is 6.15. The lowest BCUT2D eigenvalue weighted by Crippen LogP contribution is -2.13. The molecular weight excluding hydrogens is 364 g/mol. The quantitative estimate of drug-likeness (QED) is 0.722. The van der Waals surface area contributed by atoms with E-state index in [1.807, 2.05) is 0 Å². The minimum absolute atomic E-state index is 0.148. The molecule has 0 fully saturated rings. The van der Waals surface area contributed by atoms with Gasteiger partial charge >= 0.3 is 0 Å². The van der Waals surface area contributed by atoms with Crippen LogP contribution >= 0.6 is 11.6 Å². The van der Waals surface area contributed by atoms with Crippen molar-refractivity contribution in [3.05, 3.63) is 59.3 Å². The fourth-order valence-electron chi connectivity index (χ4n) is 2.30. The van der Waals surface area contributed by atoms with Gasteiger partial charge in [0.05, 0.1) is 17.0 Å². The highest BCUT2D eigenvalue weighted by Crippen LogP contribution is 2.35. The first-order valence-electron chi connectivity index (χ1n) is 7.30. The summed E-state index contributed by atoms with van der Waals surface area (Å²) < 4.78 is 38.0. The molecule has 6 nitrogen and oxygen atoms in total. The number of hydrogen-bond donors (Lipinski definition) is 1. The van der Waals surface area contributed by atoms with Crippen LogP contribution < -0.4 is 9.46 Å². The number of ether oxygens (including phenoxy) is 1. The van der Waals surface area contributed by atoms with Gasteiger partial charge in [-0.25, -0.2) is 8.42 Å². The predicted octanol–water partition coefficient (Wildman–Crippen LogP) is 4.11. The lowest BCUT2D eigenvalue weighted by atomic mass is 10.1. The fraction of sp³-hybridized carbons (Fsp3) is 0.118. The molecule has 1 aromatic heterocycles. The van der Waals surface area contributed by atoms with Gasteiger partial charge in [-0.1, -0.05) is 35.0 Å². The zero-order valence-corrected chi connectivity index (χ0v) is 15.1. The molecule has 0 aliphatic heterocycles. The first kappa shape index (κ1) is 17.3. The molecular formula is C17H15ClN2O4S. The van der Waals surface area contributed by atoms with Crippen molar-refractivity contribution < 1.29 is 17.7 Å². The van der Waals surface area contributed by atoms with Gasteiger partial charge in [0, 0.05) is 5.56 Å². The van der Waals surface area contributed by atoms with Crippen LogP contribution in [0.3, 0.4) is 0 Å². The zero-order chi connectivity index (χ0) is 18.0. The summed E-state index contributed by atoms with van der Waals surface area (Å²) in [6.45, 7) is 1.63. The van der Waals surface area contributed by atoms with Crippen LogP contribution in [0.15, 0.2) is 57.9 Å². The Labute approximate surface area is 150 Å². The number of rotatable bonds is 5. The van der Waals surface area contributed by atoms with Crippen molar-refractivity contribution in [2.45, 2.75) is 11.8 Å². The molecule has 1 heterocycles. The molecule has 0 aliphatic carbocycles. The highest BCUT2D eigenvalue weighted by Gasteiger charge is 2.22. The zero-order valence-electron chi connectivity index (χ0n) is 13.5. The molecule has 0 atom stereocenters. The van der Waals surface area contributed by atoms with Crippen molar-refractivity contribution in [1.82, 2.24) is 5.16 Å². The SMILES string of the molecule is COc1ccc(-c2noc(C)c2NS(=O)(=O)c2ccccc2)cc1Cl. The van der Waals surface area contributed by atoms with Crippen molar-refractivity contribution in [1.29, 1.82) is 0 Å². The van der Waals surface area contributed by atoms with Crippen LogP contribution in [0, 0.1) is 6.92 Å². The Bertz CT molecular complexity index is 1000. The van der Waals surface area contributed by atoms with E-state index < -0.39 is 10.0 Å². The normalized spacial score (nSPS) is 11.3. The number of nitrogens with one attached hydrogen (secondary N) is 1. The first-order chi connectivity index (χ1) is 11.9. The highest BCUT2D eigenvalue weighted by molar-refractivity contribution is 7.92. The Balaban J connectivity index is 2.02. The van der Waals surface area contributed by atoms with Gasteiger partial charge in [0.1, 0.15) is 17.1 Å². The molecule has 0 saturated heterocycles. The standard InChI is InChI=1S/C17H15ClN2O4S/c1-11-16(20-25(21,22)13-6-4-3-5-7-13)17(19-24-11)12-8-9-15(23-2)14(18)10-12/h3-10,20H,1-2H3. The van der Waals surface area contributed by atoms with Crippen LogP contribution in [0.4, 0.5) is 5.69 Å². The Hall–Kier alpha value is -2.51. The maximum Gasteiger partial charge on any atom is 0.262 e. The molecule has 2 aromatic carbocycles. The summed E-state index contributed by atoms with van der Waals surface area (Å²) in [5.41, 5.74) is 1.22. The third kappa shape index (κ3) is 3.47. The number of methoxy groups -OCH3 is 1. The summed E-state index contributed by atoms with van der Waals surface area (Å²) in [7, 11) is -2.25. The van der Waals surface area contributed by atoms with E-state index in [0.717, 1.165) is 0 Å². The van der Waals surface area contributed by atoms with Gasteiger partial charge in [0.15, 0.2) is 5.76 Å². The number of halogens is 1. The number of anilines is 1. The smallest absolute Gasteiger partial charge is 0.262 e. The van der Waals surface area contributed by atoms with Gasteiger partial charge in [-0.2, -0.15) is 0 Å². The molecule has 3 rings (SSSR count). The summed E-state index contributed by atoms with van der Waals surface area (Å²) in [5.74, 6) is 0.860. The van der Waals surface area contributed by atoms with Crippen molar-refractivity contribution in [3.63, 3.8) is 0 Å². The van der Waals surface area contributed by atoms with E-state index in [1.165, 1.54) is 19.2 Å². The van der Waals surface area contributed by atoms with Gasteiger partial charge in [-0.3, -0.25) is 4.72 Å².